The van der Waals surface area contributed by atoms with Crippen LogP contribution in [0.4, 0.5) is 4.79 Å². The number of aromatic hydroxyl groups is 1. The number of thioether (sulfide) groups is 1. The predicted octanol–water partition coefficient (Wildman–Crippen LogP) is 6.01. The molecule has 0 radical (unpaired) electrons. The smallest absolute Gasteiger partial charge is 0.286 e. The highest BCUT2D eigenvalue weighted by molar-refractivity contribution is 8.15. The van der Waals surface area contributed by atoms with E-state index in [0.717, 1.165) is 47.2 Å². The van der Waals surface area contributed by atoms with Crippen molar-refractivity contribution in [3.05, 3.63) is 77.9 Å². The minimum absolute atomic E-state index is 0.198. The summed E-state index contributed by atoms with van der Waals surface area (Å²) >= 11 is 0.987. The molecule has 0 aromatic heterocycles. The number of benzene rings is 3. The second-order valence-corrected chi connectivity index (χ2v) is 9.09. The summed E-state index contributed by atoms with van der Waals surface area (Å²) in [5, 5.41) is 10.9. The standard InChI is InChI=1S/C27H27NO6S/c1-2-4-19-17-23(34-22-11-7-20(29)8-12-22)13-14-24(19)33-16-3-15-32-21-9-5-18(6-10-21)25-26(30)28-27(31)35-25/h5-14,17,25,29H,2-4,15-16H2,1H3,(H,28,30,31). The number of phenols is 1. The Morgan fingerprint density at radius 1 is 0.886 bits per heavy atom. The van der Waals surface area contributed by atoms with Gasteiger partial charge >= 0.3 is 0 Å². The van der Waals surface area contributed by atoms with Crippen LogP contribution < -0.4 is 19.5 Å². The molecule has 0 bridgehead atoms. The van der Waals surface area contributed by atoms with Crippen LogP contribution in [0.15, 0.2) is 66.7 Å². The summed E-state index contributed by atoms with van der Waals surface area (Å²) in [6.07, 6.45) is 2.55. The number of hydrogen-bond acceptors (Lipinski definition) is 7. The minimum atomic E-state index is -0.500. The van der Waals surface area contributed by atoms with Gasteiger partial charge in [-0.15, -0.1) is 0 Å². The molecule has 1 aliphatic rings. The van der Waals surface area contributed by atoms with Crippen LogP contribution in [0.3, 0.4) is 0 Å². The SMILES string of the molecule is CCCc1cc(Oc2ccc(O)cc2)ccc1OCCCOc1ccc(C2SC(=O)NC2=O)cc1. The van der Waals surface area contributed by atoms with E-state index in [0.29, 0.717) is 31.1 Å². The second-order valence-electron chi connectivity index (χ2n) is 8.01. The van der Waals surface area contributed by atoms with Crippen molar-refractivity contribution in [2.75, 3.05) is 13.2 Å². The number of aryl methyl sites for hydroxylation is 1. The van der Waals surface area contributed by atoms with Crippen LogP contribution >= 0.6 is 11.8 Å². The van der Waals surface area contributed by atoms with E-state index in [-0.39, 0.29) is 16.9 Å². The predicted molar refractivity (Wildman–Crippen MR) is 135 cm³/mol. The summed E-state index contributed by atoms with van der Waals surface area (Å²) < 4.78 is 17.7. The lowest BCUT2D eigenvalue weighted by atomic mass is 10.1. The van der Waals surface area contributed by atoms with Gasteiger partial charge in [-0.2, -0.15) is 0 Å². The van der Waals surface area contributed by atoms with Crippen LogP contribution in [0.5, 0.6) is 28.7 Å². The van der Waals surface area contributed by atoms with Gasteiger partial charge in [0.05, 0.1) is 13.2 Å². The van der Waals surface area contributed by atoms with Gasteiger partial charge in [-0.3, -0.25) is 14.9 Å². The summed E-state index contributed by atoms with van der Waals surface area (Å²) in [5.74, 6) is 2.82. The molecular weight excluding hydrogens is 466 g/mol. The maximum absolute atomic E-state index is 11.8. The number of imide groups is 1. The Kier molecular flexibility index (Phi) is 8.15. The van der Waals surface area contributed by atoms with Gasteiger partial charge in [-0.25, -0.2) is 0 Å². The van der Waals surface area contributed by atoms with E-state index in [9.17, 15) is 14.7 Å². The first-order valence-electron chi connectivity index (χ1n) is 11.5. The fraction of sp³-hybridized carbons (Fsp3) is 0.259. The molecule has 8 heteroatoms. The average Bonchev–Trinajstić information content (AvgIpc) is 3.20. The molecule has 1 saturated heterocycles. The van der Waals surface area contributed by atoms with E-state index in [1.807, 2.05) is 18.2 Å². The van der Waals surface area contributed by atoms with Crippen molar-refractivity contribution in [2.45, 2.75) is 31.4 Å². The largest absolute Gasteiger partial charge is 0.508 e. The molecule has 7 nitrogen and oxygen atoms in total. The first kappa shape index (κ1) is 24.5. The van der Waals surface area contributed by atoms with Crippen LogP contribution in [0.2, 0.25) is 0 Å². The number of hydrogen-bond donors (Lipinski definition) is 2. The Hall–Kier alpha value is -3.65. The minimum Gasteiger partial charge on any atom is -0.508 e. The van der Waals surface area contributed by atoms with Gasteiger partial charge in [-0.05, 0) is 83.9 Å². The monoisotopic (exact) mass is 493 g/mol. The number of rotatable bonds is 11. The molecule has 3 aromatic rings. The molecule has 1 unspecified atom stereocenters. The molecule has 0 saturated carbocycles. The molecule has 2 N–H and O–H groups in total. The highest BCUT2D eigenvalue weighted by atomic mass is 32.2. The van der Waals surface area contributed by atoms with Gasteiger partial charge in [0.2, 0.25) is 5.91 Å². The molecule has 0 spiro atoms. The number of carbonyl (C=O) groups is 2. The second kappa shape index (κ2) is 11.7. The van der Waals surface area contributed by atoms with Crippen LogP contribution in [0.25, 0.3) is 0 Å². The third kappa shape index (κ3) is 6.70. The molecule has 1 aliphatic heterocycles. The summed E-state index contributed by atoms with van der Waals surface area (Å²) in [4.78, 5) is 23.1. The Morgan fingerprint density at radius 3 is 2.26 bits per heavy atom. The van der Waals surface area contributed by atoms with E-state index in [1.54, 1.807) is 48.5 Å². The first-order valence-corrected chi connectivity index (χ1v) is 12.4. The molecule has 0 aliphatic carbocycles. The number of ether oxygens (including phenoxy) is 3. The van der Waals surface area contributed by atoms with Crippen LogP contribution in [-0.4, -0.2) is 29.5 Å². The molecular formula is C27H27NO6S. The van der Waals surface area contributed by atoms with Crippen LogP contribution in [0.1, 0.15) is 36.1 Å². The van der Waals surface area contributed by atoms with Crippen molar-refractivity contribution in [1.29, 1.82) is 0 Å². The quantitative estimate of drug-likeness (QED) is 0.316. The Labute approximate surface area is 208 Å². The number of phenolic OH excluding ortho intramolecular Hbond substituents is 1. The van der Waals surface area contributed by atoms with Gasteiger partial charge < -0.3 is 19.3 Å². The van der Waals surface area contributed by atoms with Crippen molar-refractivity contribution >= 4 is 22.9 Å². The van der Waals surface area contributed by atoms with Crippen molar-refractivity contribution in [3.63, 3.8) is 0 Å². The maximum atomic E-state index is 11.8. The van der Waals surface area contributed by atoms with Crippen LogP contribution in [0, 0.1) is 0 Å². The Morgan fingerprint density at radius 2 is 1.57 bits per heavy atom. The molecule has 182 valence electrons. The van der Waals surface area contributed by atoms with Crippen molar-refractivity contribution in [2.24, 2.45) is 0 Å². The van der Waals surface area contributed by atoms with Gasteiger partial charge in [0.25, 0.3) is 5.24 Å². The van der Waals surface area contributed by atoms with Crippen molar-refractivity contribution in [1.82, 2.24) is 5.32 Å². The van der Waals surface area contributed by atoms with E-state index in [1.165, 1.54) is 0 Å². The lowest BCUT2D eigenvalue weighted by molar-refractivity contribution is -0.119. The third-order valence-electron chi connectivity index (χ3n) is 5.31. The first-order chi connectivity index (χ1) is 17.0. The average molecular weight is 494 g/mol. The summed E-state index contributed by atoms with van der Waals surface area (Å²) in [6, 6.07) is 19.6. The maximum Gasteiger partial charge on any atom is 0.286 e. The molecule has 4 rings (SSSR count). The zero-order chi connectivity index (χ0) is 24.6. The molecule has 1 atom stereocenters. The van der Waals surface area contributed by atoms with Gasteiger partial charge in [-0.1, -0.05) is 25.5 Å². The highest BCUT2D eigenvalue weighted by Crippen LogP contribution is 2.35. The highest BCUT2D eigenvalue weighted by Gasteiger charge is 2.32. The van der Waals surface area contributed by atoms with E-state index in [2.05, 4.69) is 12.2 Å². The van der Waals surface area contributed by atoms with Crippen LogP contribution in [-0.2, 0) is 11.2 Å². The summed E-state index contributed by atoms with van der Waals surface area (Å²) in [6.45, 7) is 3.11. The Balaban J connectivity index is 1.25. The third-order valence-corrected chi connectivity index (χ3v) is 6.35. The number of amides is 2. The lowest BCUT2D eigenvalue weighted by Gasteiger charge is -2.14. The Bertz CT molecular complexity index is 1160. The van der Waals surface area contributed by atoms with Gasteiger partial charge in [0.1, 0.15) is 34.0 Å². The normalized spacial score (nSPS) is 15.1. The summed E-state index contributed by atoms with van der Waals surface area (Å²) in [7, 11) is 0. The van der Waals surface area contributed by atoms with E-state index < -0.39 is 5.25 Å². The van der Waals surface area contributed by atoms with E-state index in [4.69, 9.17) is 14.2 Å². The molecule has 35 heavy (non-hydrogen) atoms. The zero-order valence-electron chi connectivity index (χ0n) is 19.4. The van der Waals surface area contributed by atoms with Crippen molar-refractivity contribution in [3.8, 4) is 28.7 Å². The van der Waals surface area contributed by atoms with Gasteiger partial charge in [0.15, 0.2) is 0 Å². The van der Waals surface area contributed by atoms with E-state index >= 15 is 0 Å². The fourth-order valence-corrected chi connectivity index (χ4v) is 4.45. The molecule has 3 aromatic carbocycles. The van der Waals surface area contributed by atoms with Gasteiger partial charge in [0, 0.05) is 6.42 Å². The molecule has 2 amide bonds. The lowest BCUT2D eigenvalue weighted by Crippen LogP contribution is -2.20. The zero-order valence-corrected chi connectivity index (χ0v) is 20.2. The van der Waals surface area contributed by atoms with Crippen molar-refractivity contribution < 1.29 is 28.9 Å². The summed E-state index contributed by atoms with van der Waals surface area (Å²) in [5.41, 5.74) is 1.85. The fourth-order valence-electron chi connectivity index (χ4n) is 3.62. The number of nitrogens with one attached hydrogen (secondary N) is 1. The molecule has 1 fully saturated rings. The molecule has 1 heterocycles. The topological polar surface area (TPSA) is 94.1 Å². The number of carbonyl (C=O) groups excluding carboxylic acids is 2.